The molecule has 16 heavy (non-hydrogen) atoms. The lowest BCUT2D eigenvalue weighted by atomic mass is 9.96. The molecule has 84 valence electrons. The lowest BCUT2D eigenvalue weighted by Gasteiger charge is -2.17. The highest BCUT2D eigenvalue weighted by molar-refractivity contribution is 5.46. The van der Waals surface area contributed by atoms with Crippen molar-refractivity contribution in [1.82, 2.24) is 9.97 Å². The molecule has 3 heteroatoms. The number of aryl methyl sites for hydroxylation is 1. The van der Waals surface area contributed by atoms with Gasteiger partial charge in [0.15, 0.2) is 0 Å². The first-order valence-corrected chi connectivity index (χ1v) is 5.88. The molecule has 3 nitrogen and oxygen atoms in total. The monoisotopic (exact) mass is 215 g/mol. The molecule has 1 heterocycles. The Labute approximate surface area is 96.7 Å². The summed E-state index contributed by atoms with van der Waals surface area (Å²) < 4.78 is 0. The molecule has 1 N–H and O–H groups in total. The molecular weight excluding hydrogens is 198 g/mol. The molecule has 2 rings (SSSR count). The van der Waals surface area contributed by atoms with Crippen LogP contribution in [0, 0.1) is 11.8 Å². The van der Waals surface area contributed by atoms with Crippen molar-refractivity contribution in [2.24, 2.45) is 0 Å². The summed E-state index contributed by atoms with van der Waals surface area (Å²) in [4.78, 5) is 8.66. The van der Waals surface area contributed by atoms with E-state index in [1.807, 2.05) is 6.92 Å². The standard InChI is InChI=1S/C13H17N3/c1-2-3-6-9-14-13-11-7-4-5-8-12(11)15-10-16-13/h10H,4-9H2,1H3,(H,14,15,16). The van der Waals surface area contributed by atoms with Crippen molar-refractivity contribution in [3.8, 4) is 11.8 Å². The number of rotatable bonds is 3. The third-order valence-electron chi connectivity index (χ3n) is 2.84. The van der Waals surface area contributed by atoms with Crippen LogP contribution in [-0.2, 0) is 12.8 Å². The maximum absolute atomic E-state index is 4.35. The van der Waals surface area contributed by atoms with Crippen molar-refractivity contribution < 1.29 is 0 Å². The smallest absolute Gasteiger partial charge is 0.132 e. The van der Waals surface area contributed by atoms with E-state index in [4.69, 9.17) is 0 Å². The molecule has 0 fully saturated rings. The fraction of sp³-hybridized carbons (Fsp3) is 0.538. The van der Waals surface area contributed by atoms with Crippen LogP contribution < -0.4 is 5.32 Å². The van der Waals surface area contributed by atoms with Crippen molar-refractivity contribution in [3.05, 3.63) is 17.6 Å². The van der Waals surface area contributed by atoms with Crippen molar-refractivity contribution >= 4 is 5.82 Å². The van der Waals surface area contributed by atoms with Crippen molar-refractivity contribution in [2.75, 3.05) is 11.9 Å². The summed E-state index contributed by atoms with van der Waals surface area (Å²) in [5.41, 5.74) is 2.54. The van der Waals surface area contributed by atoms with Gasteiger partial charge in [-0.15, -0.1) is 11.8 Å². The fourth-order valence-corrected chi connectivity index (χ4v) is 2.04. The predicted octanol–water partition coefficient (Wildman–Crippen LogP) is 2.18. The summed E-state index contributed by atoms with van der Waals surface area (Å²) in [6.45, 7) is 2.73. The second-order valence-electron chi connectivity index (χ2n) is 3.96. The second kappa shape index (κ2) is 5.50. The Bertz CT molecular complexity index is 415. The van der Waals surface area contributed by atoms with Crippen molar-refractivity contribution in [1.29, 1.82) is 0 Å². The maximum Gasteiger partial charge on any atom is 0.132 e. The molecule has 0 bridgehead atoms. The average molecular weight is 215 g/mol. The molecule has 0 aromatic carbocycles. The van der Waals surface area contributed by atoms with Crippen molar-refractivity contribution in [2.45, 2.75) is 39.0 Å². The number of fused-ring (bicyclic) bond motifs is 1. The van der Waals surface area contributed by atoms with E-state index in [0.717, 1.165) is 31.6 Å². The minimum absolute atomic E-state index is 0.865. The van der Waals surface area contributed by atoms with E-state index in [1.165, 1.54) is 24.1 Å². The van der Waals surface area contributed by atoms with Crippen LogP contribution in [0.1, 0.15) is 37.4 Å². The summed E-state index contributed by atoms with van der Waals surface area (Å²) in [6, 6.07) is 0. The van der Waals surface area contributed by atoms with Gasteiger partial charge in [-0.2, -0.15) is 0 Å². The summed E-state index contributed by atoms with van der Waals surface area (Å²) >= 11 is 0. The predicted molar refractivity (Wildman–Crippen MR) is 65.2 cm³/mol. The van der Waals surface area contributed by atoms with E-state index in [0.29, 0.717) is 0 Å². The van der Waals surface area contributed by atoms with Gasteiger partial charge in [-0.05, 0) is 32.6 Å². The van der Waals surface area contributed by atoms with Crippen LogP contribution in [0.4, 0.5) is 5.82 Å². The fourth-order valence-electron chi connectivity index (χ4n) is 2.04. The van der Waals surface area contributed by atoms with Gasteiger partial charge < -0.3 is 5.32 Å². The van der Waals surface area contributed by atoms with Crippen molar-refractivity contribution in [3.63, 3.8) is 0 Å². The number of anilines is 1. The van der Waals surface area contributed by atoms with E-state index in [-0.39, 0.29) is 0 Å². The van der Waals surface area contributed by atoms with Gasteiger partial charge in [-0.1, -0.05) is 0 Å². The number of hydrogen-bond donors (Lipinski definition) is 1. The van der Waals surface area contributed by atoms with Crippen LogP contribution in [0.5, 0.6) is 0 Å². The lowest BCUT2D eigenvalue weighted by molar-refractivity contribution is 0.663. The molecule has 0 radical (unpaired) electrons. The van der Waals surface area contributed by atoms with Crippen LogP contribution in [0.15, 0.2) is 6.33 Å². The first-order valence-electron chi connectivity index (χ1n) is 5.88. The van der Waals surface area contributed by atoms with Gasteiger partial charge in [0, 0.05) is 24.2 Å². The Balaban J connectivity index is 2.04. The molecule has 1 aromatic heterocycles. The van der Waals surface area contributed by atoms with Gasteiger partial charge in [-0.25, -0.2) is 9.97 Å². The largest absolute Gasteiger partial charge is 0.369 e. The Morgan fingerprint density at radius 3 is 3.06 bits per heavy atom. The van der Waals surface area contributed by atoms with E-state index < -0.39 is 0 Å². The molecule has 1 aliphatic carbocycles. The third-order valence-corrected chi connectivity index (χ3v) is 2.84. The Kier molecular flexibility index (Phi) is 3.76. The average Bonchev–Trinajstić information content (AvgIpc) is 2.35. The molecular formula is C13H17N3. The molecule has 1 aromatic rings. The van der Waals surface area contributed by atoms with Crippen LogP contribution in [0.2, 0.25) is 0 Å². The zero-order chi connectivity index (χ0) is 11.2. The Morgan fingerprint density at radius 1 is 1.31 bits per heavy atom. The number of aromatic nitrogens is 2. The zero-order valence-corrected chi connectivity index (χ0v) is 9.71. The number of nitrogens with zero attached hydrogens (tertiary/aromatic N) is 2. The number of hydrogen-bond acceptors (Lipinski definition) is 3. The van der Waals surface area contributed by atoms with Gasteiger partial charge in [0.05, 0.1) is 0 Å². The molecule has 1 aliphatic rings. The molecule has 0 atom stereocenters. The van der Waals surface area contributed by atoms with Gasteiger partial charge in [0.25, 0.3) is 0 Å². The van der Waals surface area contributed by atoms with Gasteiger partial charge in [-0.3, -0.25) is 0 Å². The topological polar surface area (TPSA) is 37.8 Å². The van der Waals surface area contributed by atoms with Crippen LogP contribution in [0.25, 0.3) is 0 Å². The van der Waals surface area contributed by atoms with Crippen LogP contribution >= 0.6 is 0 Å². The summed E-state index contributed by atoms with van der Waals surface area (Å²) in [6.07, 6.45) is 7.25. The van der Waals surface area contributed by atoms with E-state index >= 15 is 0 Å². The van der Waals surface area contributed by atoms with Crippen LogP contribution in [0.3, 0.4) is 0 Å². The third kappa shape index (κ3) is 2.52. The molecule has 0 saturated carbocycles. The molecule has 0 aliphatic heterocycles. The molecule has 0 unspecified atom stereocenters. The van der Waals surface area contributed by atoms with Crippen LogP contribution in [-0.4, -0.2) is 16.5 Å². The summed E-state index contributed by atoms with van der Waals surface area (Å²) in [5.74, 6) is 6.95. The Hall–Kier alpha value is -1.56. The highest BCUT2D eigenvalue weighted by Crippen LogP contribution is 2.24. The highest BCUT2D eigenvalue weighted by Gasteiger charge is 2.14. The SMILES string of the molecule is CC#CCCNc1ncnc2c1CCCC2. The summed E-state index contributed by atoms with van der Waals surface area (Å²) in [5, 5.41) is 3.35. The van der Waals surface area contributed by atoms with E-state index in [2.05, 4.69) is 27.1 Å². The quantitative estimate of drug-likeness (QED) is 0.620. The molecule has 0 saturated heterocycles. The van der Waals surface area contributed by atoms with E-state index in [9.17, 15) is 0 Å². The lowest BCUT2D eigenvalue weighted by Crippen LogP contribution is -2.12. The first kappa shape index (κ1) is 10.9. The molecule has 0 spiro atoms. The zero-order valence-electron chi connectivity index (χ0n) is 9.71. The summed E-state index contributed by atoms with van der Waals surface area (Å²) in [7, 11) is 0. The number of nitrogens with one attached hydrogen (secondary N) is 1. The highest BCUT2D eigenvalue weighted by atomic mass is 15.0. The van der Waals surface area contributed by atoms with Gasteiger partial charge in [0.2, 0.25) is 0 Å². The second-order valence-corrected chi connectivity index (χ2v) is 3.96. The molecule has 0 amide bonds. The Morgan fingerprint density at radius 2 is 2.19 bits per heavy atom. The minimum Gasteiger partial charge on any atom is -0.369 e. The maximum atomic E-state index is 4.35. The van der Waals surface area contributed by atoms with Gasteiger partial charge >= 0.3 is 0 Å². The van der Waals surface area contributed by atoms with Gasteiger partial charge in [0.1, 0.15) is 12.1 Å². The first-order chi connectivity index (χ1) is 7.92. The van der Waals surface area contributed by atoms with E-state index in [1.54, 1.807) is 6.33 Å². The minimum atomic E-state index is 0.865. The normalized spacial score (nSPS) is 13.6.